The van der Waals surface area contributed by atoms with Crippen molar-refractivity contribution in [3.05, 3.63) is 29.3 Å². The Hall–Kier alpha value is -1.59. The van der Waals surface area contributed by atoms with Crippen molar-refractivity contribution < 1.29 is 19.4 Å². The molecule has 1 aromatic rings. The third-order valence-electron chi connectivity index (χ3n) is 3.72. The van der Waals surface area contributed by atoms with E-state index in [1.54, 1.807) is 4.90 Å². The van der Waals surface area contributed by atoms with Crippen LogP contribution in [0, 0.1) is 13.8 Å². The molecule has 0 bridgehead atoms. The number of carbonyl (C=O) groups excluding carboxylic acids is 1. The molecule has 0 spiro atoms. The maximum atomic E-state index is 12.2. The SMILES string of the molecule is Cc1ccc(OCC(=O)N2CC(C)OC(CO)C2)cc1C. The molecule has 0 aromatic heterocycles. The van der Waals surface area contributed by atoms with E-state index in [4.69, 9.17) is 9.47 Å². The molecular formula is C16H23NO4. The summed E-state index contributed by atoms with van der Waals surface area (Å²) in [5.74, 6) is 0.619. The highest BCUT2D eigenvalue weighted by Gasteiger charge is 2.28. The van der Waals surface area contributed by atoms with Crippen molar-refractivity contribution in [3.63, 3.8) is 0 Å². The third kappa shape index (κ3) is 4.19. The molecule has 0 saturated carbocycles. The summed E-state index contributed by atoms with van der Waals surface area (Å²) in [5, 5.41) is 9.18. The summed E-state index contributed by atoms with van der Waals surface area (Å²) in [4.78, 5) is 13.9. The van der Waals surface area contributed by atoms with Crippen LogP contribution in [0.15, 0.2) is 18.2 Å². The van der Waals surface area contributed by atoms with Crippen molar-refractivity contribution >= 4 is 5.91 Å². The number of aliphatic hydroxyl groups excluding tert-OH is 1. The van der Waals surface area contributed by atoms with Gasteiger partial charge in [0.15, 0.2) is 6.61 Å². The van der Waals surface area contributed by atoms with Gasteiger partial charge < -0.3 is 19.5 Å². The molecule has 21 heavy (non-hydrogen) atoms. The van der Waals surface area contributed by atoms with Gasteiger partial charge in [-0.2, -0.15) is 0 Å². The van der Waals surface area contributed by atoms with E-state index in [1.165, 1.54) is 5.56 Å². The zero-order chi connectivity index (χ0) is 15.4. The molecule has 1 heterocycles. The van der Waals surface area contributed by atoms with Crippen LogP contribution in [0.1, 0.15) is 18.1 Å². The van der Waals surface area contributed by atoms with Crippen LogP contribution in [-0.2, 0) is 9.53 Å². The molecule has 1 N–H and O–H groups in total. The number of benzene rings is 1. The molecule has 1 saturated heterocycles. The van der Waals surface area contributed by atoms with Gasteiger partial charge in [-0.15, -0.1) is 0 Å². The van der Waals surface area contributed by atoms with Crippen molar-refractivity contribution in [2.24, 2.45) is 0 Å². The normalized spacial score (nSPS) is 22.2. The molecule has 1 aliphatic heterocycles. The van der Waals surface area contributed by atoms with E-state index < -0.39 is 0 Å². The summed E-state index contributed by atoms with van der Waals surface area (Å²) in [5.41, 5.74) is 2.33. The Morgan fingerprint density at radius 3 is 2.81 bits per heavy atom. The summed E-state index contributed by atoms with van der Waals surface area (Å²) >= 11 is 0. The van der Waals surface area contributed by atoms with Crippen LogP contribution < -0.4 is 4.74 Å². The number of aryl methyl sites for hydroxylation is 2. The maximum absolute atomic E-state index is 12.2. The van der Waals surface area contributed by atoms with Gasteiger partial charge in [0.25, 0.3) is 5.91 Å². The molecule has 0 radical (unpaired) electrons. The summed E-state index contributed by atoms with van der Waals surface area (Å²) in [6.45, 7) is 6.82. The molecule has 2 atom stereocenters. The lowest BCUT2D eigenvalue weighted by atomic mass is 10.1. The largest absolute Gasteiger partial charge is 0.484 e. The van der Waals surface area contributed by atoms with Crippen LogP contribution in [0.5, 0.6) is 5.75 Å². The van der Waals surface area contributed by atoms with Crippen LogP contribution in [-0.4, -0.2) is 54.4 Å². The van der Waals surface area contributed by atoms with Crippen molar-refractivity contribution in [3.8, 4) is 5.75 Å². The Bertz CT molecular complexity index is 503. The Labute approximate surface area is 125 Å². The van der Waals surface area contributed by atoms with Crippen LogP contribution in [0.2, 0.25) is 0 Å². The average Bonchev–Trinajstić information content (AvgIpc) is 2.47. The molecule has 1 aliphatic rings. The highest BCUT2D eigenvalue weighted by Crippen LogP contribution is 2.17. The van der Waals surface area contributed by atoms with E-state index in [0.29, 0.717) is 18.8 Å². The first-order chi connectivity index (χ1) is 9.99. The van der Waals surface area contributed by atoms with Crippen LogP contribution in [0.4, 0.5) is 0 Å². The van der Waals surface area contributed by atoms with E-state index in [0.717, 1.165) is 5.56 Å². The third-order valence-corrected chi connectivity index (χ3v) is 3.72. The first-order valence-corrected chi connectivity index (χ1v) is 7.23. The molecule has 5 heteroatoms. The molecule has 0 aliphatic carbocycles. The van der Waals surface area contributed by atoms with Crippen LogP contribution in [0.3, 0.4) is 0 Å². The highest BCUT2D eigenvalue weighted by atomic mass is 16.5. The van der Waals surface area contributed by atoms with Gasteiger partial charge in [-0.3, -0.25) is 4.79 Å². The van der Waals surface area contributed by atoms with Crippen LogP contribution >= 0.6 is 0 Å². The molecule has 116 valence electrons. The van der Waals surface area contributed by atoms with E-state index in [1.807, 2.05) is 39.0 Å². The van der Waals surface area contributed by atoms with Crippen LogP contribution in [0.25, 0.3) is 0 Å². The summed E-state index contributed by atoms with van der Waals surface area (Å²) in [6.07, 6.45) is -0.374. The second-order valence-corrected chi connectivity index (χ2v) is 5.58. The summed E-state index contributed by atoms with van der Waals surface area (Å²) in [7, 11) is 0. The van der Waals surface area contributed by atoms with Crippen molar-refractivity contribution in [2.75, 3.05) is 26.3 Å². The average molecular weight is 293 g/mol. The van der Waals surface area contributed by atoms with Gasteiger partial charge in [-0.1, -0.05) is 6.07 Å². The zero-order valence-electron chi connectivity index (χ0n) is 12.8. The second kappa shape index (κ2) is 6.91. The number of hydrogen-bond donors (Lipinski definition) is 1. The van der Waals surface area contributed by atoms with Crippen molar-refractivity contribution in [2.45, 2.75) is 33.0 Å². The number of nitrogens with zero attached hydrogens (tertiary/aromatic N) is 1. The molecule has 2 unspecified atom stereocenters. The molecule has 5 nitrogen and oxygen atoms in total. The lowest BCUT2D eigenvalue weighted by molar-refractivity contribution is -0.149. The Morgan fingerprint density at radius 1 is 1.38 bits per heavy atom. The first kappa shape index (κ1) is 15.8. The summed E-state index contributed by atoms with van der Waals surface area (Å²) in [6, 6.07) is 5.78. The fraction of sp³-hybridized carbons (Fsp3) is 0.562. The van der Waals surface area contributed by atoms with E-state index in [9.17, 15) is 9.90 Å². The fourth-order valence-corrected chi connectivity index (χ4v) is 2.39. The molecule has 1 aromatic carbocycles. The fourth-order valence-electron chi connectivity index (χ4n) is 2.39. The number of aliphatic hydroxyl groups is 1. The predicted molar refractivity (Wildman–Crippen MR) is 79.4 cm³/mol. The Kier molecular flexibility index (Phi) is 5.20. The molecule has 1 amide bonds. The summed E-state index contributed by atoms with van der Waals surface area (Å²) < 4.78 is 11.1. The van der Waals surface area contributed by atoms with E-state index in [-0.39, 0.29) is 31.3 Å². The first-order valence-electron chi connectivity index (χ1n) is 7.23. The van der Waals surface area contributed by atoms with E-state index >= 15 is 0 Å². The van der Waals surface area contributed by atoms with Gasteiger partial charge in [0.05, 0.1) is 18.8 Å². The standard InChI is InChI=1S/C16H23NO4/c1-11-4-5-14(6-12(11)2)20-10-16(19)17-7-13(3)21-15(8-17)9-18/h4-6,13,15,18H,7-10H2,1-3H3. The lowest BCUT2D eigenvalue weighted by Crippen LogP contribution is -2.51. The van der Waals surface area contributed by atoms with Gasteiger partial charge >= 0.3 is 0 Å². The predicted octanol–water partition coefficient (Wildman–Crippen LogP) is 1.29. The van der Waals surface area contributed by atoms with Crippen molar-refractivity contribution in [1.82, 2.24) is 4.90 Å². The van der Waals surface area contributed by atoms with Crippen molar-refractivity contribution in [1.29, 1.82) is 0 Å². The lowest BCUT2D eigenvalue weighted by Gasteiger charge is -2.36. The number of ether oxygens (including phenoxy) is 2. The molecular weight excluding hydrogens is 270 g/mol. The Morgan fingerprint density at radius 2 is 2.14 bits per heavy atom. The minimum atomic E-state index is -0.306. The monoisotopic (exact) mass is 293 g/mol. The topological polar surface area (TPSA) is 59.0 Å². The Balaban J connectivity index is 1.90. The molecule has 1 fully saturated rings. The van der Waals surface area contributed by atoms with Gasteiger partial charge in [-0.25, -0.2) is 0 Å². The zero-order valence-corrected chi connectivity index (χ0v) is 12.8. The maximum Gasteiger partial charge on any atom is 0.260 e. The molecule has 2 rings (SSSR count). The number of rotatable bonds is 4. The van der Waals surface area contributed by atoms with Gasteiger partial charge in [0.1, 0.15) is 5.75 Å². The van der Waals surface area contributed by atoms with Gasteiger partial charge in [0.2, 0.25) is 0 Å². The smallest absolute Gasteiger partial charge is 0.260 e. The number of carbonyl (C=O) groups is 1. The number of hydrogen-bond acceptors (Lipinski definition) is 4. The number of morpholine rings is 1. The van der Waals surface area contributed by atoms with Gasteiger partial charge in [0, 0.05) is 13.1 Å². The minimum absolute atomic E-state index is 0.00731. The highest BCUT2D eigenvalue weighted by molar-refractivity contribution is 5.78. The number of amides is 1. The second-order valence-electron chi connectivity index (χ2n) is 5.58. The minimum Gasteiger partial charge on any atom is -0.484 e. The van der Waals surface area contributed by atoms with Gasteiger partial charge in [-0.05, 0) is 44.0 Å². The van der Waals surface area contributed by atoms with E-state index in [2.05, 4.69) is 0 Å². The quantitative estimate of drug-likeness (QED) is 0.909.